The summed E-state index contributed by atoms with van der Waals surface area (Å²) in [6, 6.07) is 0.326. The van der Waals surface area contributed by atoms with Crippen LogP contribution in [0.25, 0.3) is 0 Å². The standard InChI is InChI=1S/C19H35N3O2/c1-4-6-9-13-21(16(3)10-5-2)14-15-22-17(23)19(20-18(22)24)11-7-8-12-19/h16H,4-15H2,1-3H3,(H,20,24). The molecule has 1 atom stereocenters. The molecule has 1 unspecified atom stereocenters. The van der Waals surface area contributed by atoms with Crippen LogP contribution in [-0.4, -0.2) is 53.0 Å². The van der Waals surface area contributed by atoms with Crippen LogP contribution in [0.2, 0.25) is 0 Å². The van der Waals surface area contributed by atoms with Crippen LogP contribution in [0.5, 0.6) is 0 Å². The van der Waals surface area contributed by atoms with E-state index in [0.29, 0.717) is 12.6 Å². The lowest BCUT2D eigenvalue weighted by atomic mass is 9.98. The number of hydrogen-bond donors (Lipinski definition) is 1. The average molecular weight is 338 g/mol. The number of unbranched alkanes of at least 4 members (excludes halogenated alkanes) is 2. The first-order chi connectivity index (χ1) is 11.5. The third kappa shape index (κ3) is 4.29. The van der Waals surface area contributed by atoms with Crippen molar-refractivity contribution in [2.45, 2.75) is 90.1 Å². The maximum Gasteiger partial charge on any atom is 0.325 e. The molecule has 0 aromatic carbocycles. The summed E-state index contributed by atoms with van der Waals surface area (Å²) in [4.78, 5) is 28.9. The minimum absolute atomic E-state index is 0.0154. The Balaban J connectivity index is 1.92. The van der Waals surface area contributed by atoms with Crippen molar-refractivity contribution in [1.29, 1.82) is 0 Å². The molecule has 1 saturated heterocycles. The van der Waals surface area contributed by atoms with Crippen molar-refractivity contribution in [2.24, 2.45) is 0 Å². The second kappa shape index (κ2) is 8.84. The summed E-state index contributed by atoms with van der Waals surface area (Å²) in [5.74, 6) is 0.0154. The van der Waals surface area contributed by atoms with Gasteiger partial charge >= 0.3 is 6.03 Å². The van der Waals surface area contributed by atoms with Gasteiger partial charge in [-0.05, 0) is 39.2 Å². The van der Waals surface area contributed by atoms with Gasteiger partial charge in [-0.1, -0.05) is 46.0 Å². The van der Waals surface area contributed by atoms with E-state index in [2.05, 4.69) is 31.0 Å². The Kier molecular flexibility index (Phi) is 7.08. The van der Waals surface area contributed by atoms with Crippen LogP contribution in [-0.2, 0) is 4.79 Å². The van der Waals surface area contributed by atoms with Gasteiger partial charge in [0.2, 0.25) is 0 Å². The maximum absolute atomic E-state index is 12.7. The lowest BCUT2D eigenvalue weighted by Crippen LogP contribution is -2.45. The number of nitrogens with one attached hydrogen (secondary N) is 1. The Labute approximate surface area is 147 Å². The molecule has 2 fully saturated rings. The molecule has 0 radical (unpaired) electrons. The Bertz CT molecular complexity index is 432. The summed E-state index contributed by atoms with van der Waals surface area (Å²) in [5.41, 5.74) is -0.570. The first-order valence-electron chi connectivity index (χ1n) is 9.92. The molecule has 1 spiro atoms. The Morgan fingerprint density at radius 3 is 2.46 bits per heavy atom. The SMILES string of the molecule is CCCCCN(CCN1C(=O)NC2(CCCC2)C1=O)C(C)CCC. The average Bonchev–Trinajstić information content (AvgIpc) is 3.11. The molecule has 5 nitrogen and oxygen atoms in total. The van der Waals surface area contributed by atoms with Crippen molar-refractivity contribution in [3.8, 4) is 0 Å². The van der Waals surface area contributed by atoms with Crippen molar-refractivity contribution >= 4 is 11.9 Å². The Hall–Kier alpha value is -1.10. The van der Waals surface area contributed by atoms with Crippen LogP contribution in [0, 0.1) is 0 Å². The van der Waals surface area contributed by atoms with Crippen LogP contribution in [0.4, 0.5) is 4.79 Å². The number of amides is 3. The van der Waals surface area contributed by atoms with E-state index in [4.69, 9.17) is 0 Å². The number of imide groups is 1. The van der Waals surface area contributed by atoms with E-state index in [1.54, 1.807) is 0 Å². The fourth-order valence-corrected chi connectivity index (χ4v) is 4.14. The summed E-state index contributed by atoms with van der Waals surface area (Å²) in [5, 5.41) is 2.98. The second-order valence-corrected chi connectivity index (χ2v) is 7.56. The van der Waals surface area contributed by atoms with Gasteiger partial charge in [0.1, 0.15) is 5.54 Å². The number of urea groups is 1. The van der Waals surface area contributed by atoms with Gasteiger partial charge in [-0.15, -0.1) is 0 Å². The molecule has 5 heteroatoms. The zero-order valence-corrected chi connectivity index (χ0v) is 15.8. The van der Waals surface area contributed by atoms with E-state index in [9.17, 15) is 9.59 Å². The molecule has 2 aliphatic rings. The van der Waals surface area contributed by atoms with E-state index in [1.807, 2.05) is 0 Å². The van der Waals surface area contributed by atoms with Crippen LogP contribution in [0.3, 0.4) is 0 Å². The highest BCUT2D eigenvalue weighted by atomic mass is 16.2. The highest BCUT2D eigenvalue weighted by Gasteiger charge is 2.52. The third-order valence-electron chi connectivity index (χ3n) is 5.69. The predicted molar refractivity (Wildman–Crippen MR) is 96.9 cm³/mol. The molecule has 2 rings (SSSR count). The number of carbonyl (C=O) groups is 2. The summed E-state index contributed by atoms with van der Waals surface area (Å²) in [6.07, 6.45) is 9.66. The van der Waals surface area contributed by atoms with Gasteiger partial charge < -0.3 is 5.32 Å². The second-order valence-electron chi connectivity index (χ2n) is 7.56. The van der Waals surface area contributed by atoms with E-state index < -0.39 is 5.54 Å². The Morgan fingerprint density at radius 2 is 1.83 bits per heavy atom. The van der Waals surface area contributed by atoms with Crippen molar-refractivity contribution in [2.75, 3.05) is 19.6 Å². The monoisotopic (exact) mass is 337 g/mol. The molecule has 1 N–H and O–H groups in total. The highest BCUT2D eigenvalue weighted by molar-refractivity contribution is 6.07. The smallest absolute Gasteiger partial charge is 0.323 e. The van der Waals surface area contributed by atoms with Gasteiger partial charge in [-0.3, -0.25) is 14.6 Å². The molecule has 1 heterocycles. The quantitative estimate of drug-likeness (QED) is 0.490. The minimum Gasteiger partial charge on any atom is -0.323 e. The molecule has 24 heavy (non-hydrogen) atoms. The van der Waals surface area contributed by atoms with Crippen molar-refractivity contribution in [1.82, 2.24) is 15.1 Å². The normalized spacial score (nSPS) is 21.1. The molecular formula is C19H35N3O2. The van der Waals surface area contributed by atoms with E-state index in [1.165, 1.54) is 24.2 Å². The number of nitrogens with zero attached hydrogens (tertiary/aromatic N) is 2. The van der Waals surface area contributed by atoms with E-state index in [0.717, 1.165) is 51.6 Å². The third-order valence-corrected chi connectivity index (χ3v) is 5.69. The van der Waals surface area contributed by atoms with Crippen LogP contribution >= 0.6 is 0 Å². The van der Waals surface area contributed by atoms with Crippen LogP contribution < -0.4 is 5.32 Å². The van der Waals surface area contributed by atoms with Gasteiger partial charge in [0.05, 0.1) is 0 Å². The van der Waals surface area contributed by atoms with Crippen molar-refractivity contribution < 1.29 is 9.59 Å². The molecular weight excluding hydrogens is 302 g/mol. The summed E-state index contributed by atoms with van der Waals surface area (Å²) in [6.45, 7) is 9.06. The number of rotatable bonds is 10. The van der Waals surface area contributed by atoms with Crippen LogP contribution in [0.1, 0.15) is 78.6 Å². The zero-order valence-electron chi connectivity index (χ0n) is 15.8. The largest absolute Gasteiger partial charge is 0.325 e. The van der Waals surface area contributed by atoms with Crippen molar-refractivity contribution in [3.05, 3.63) is 0 Å². The lowest BCUT2D eigenvalue weighted by molar-refractivity contribution is -0.131. The Morgan fingerprint density at radius 1 is 1.12 bits per heavy atom. The molecule has 1 aliphatic heterocycles. The summed E-state index contributed by atoms with van der Waals surface area (Å²) >= 11 is 0. The highest BCUT2D eigenvalue weighted by Crippen LogP contribution is 2.34. The fraction of sp³-hybridized carbons (Fsp3) is 0.895. The molecule has 138 valence electrons. The van der Waals surface area contributed by atoms with Crippen molar-refractivity contribution in [3.63, 3.8) is 0 Å². The number of carbonyl (C=O) groups excluding carboxylic acids is 2. The number of hydrogen-bond acceptors (Lipinski definition) is 3. The predicted octanol–water partition coefficient (Wildman–Crippen LogP) is 3.53. The van der Waals surface area contributed by atoms with E-state index >= 15 is 0 Å². The van der Waals surface area contributed by atoms with Gasteiger partial charge in [-0.2, -0.15) is 0 Å². The van der Waals surface area contributed by atoms with Gasteiger partial charge in [0, 0.05) is 19.1 Å². The molecule has 0 aromatic rings. The molecule has 1 saturated carbocycles. The molecule has 1 aliphatic carbocycles. The topological polar surface area (TPSA) is 52.6 Å². The first kappa shape index (κ1) is 19.2. The summed E-state index contributed by atoms with van der Waals surface area (Å²) < 4.78 is 0. The maximum atomic E-state index is 12.7. The molecule has 0 aromatic heterocycles. The lowest BCUT2D eigenvalue weighted by Gasteiger charge is -2.30. The first-order valence-corrected chi connectivity index (χ1v) is 9.92. The minimum atomic E-state index is -0.570. The van der Waals surface area contributed by atoms with Gasteiger partial charge in [-0.25, -0.2) is 4.79 Å². The van der Waals surface area contributed by atoms with Gasteiger partial charge in [0.15, 0.2) is 0 Å². The fourth-order valence-electron chi connectivity index (χ4n) is 4.14. The molecule has 3 amide bonds. The molecule has 0 bridgehead atoms. The van der Waals surface area contributed by atoms with E-state index in [-0.39, 0.29) is 11.9 Å². The van der Waals surface area contributed by atoms with Gasteiger partial charge in [0.25, 0.3) is 5.91 Å². The summed E-state index contributed by atoms with van der Waals surface area (Å²) in [7, 11) is 0. The zero-order chi connectivity index (χ0) is 17.6. The van der Waals surface area contributed by atoms with Crippen LogP contribution in [0.15, 0.2) is 0 Å².